The lowest BCUT2D eigenvalue weighted by molar-refractivity contribution is 0.100. The summed E-state index contributed by atoms with van der Waals surface area (Å²) in [6.45, 7) is 3.33. The highest BCUT2D eigenvalue weighted by atomic mass is 127. The molecule has 0 saturated heterocycles. The molecule has 0 N–H and O–H groups in total. The fraction of sp³-hybridized carbons (Fsp3) is 0.200. The second kappa shape index (κ2) is 4.00. The molecular weight excluding hydrogens is 279 g/mol. The highest BCUT2D eigenvalue weighted by Crippen LogP contribution is 2.19. The highest BCUT2D eigenvalue weighted by Gasteiger charge is 2.11. The van der Waals surface area contributed by atoms with E-state index in [1.165, 1.54) is 6.92 Å². The largest absolute Gasteiger partial charge is 0.298 e. The van der Waals surface area contributed by atoms with Crippen molar-refractivity contribution in [2.24, 2.45) is 0 Å². The number of carbonyl (C=O) groups is 2. The third kappa shape index (κ3) is 1.96. The molecule has 0 fully saturated rings. The molecule has 0 saturated carbocycles. The van der Waals surface area contributed by atoms with Crippen molar-refractivity contribution in [1.82, 2.24) is 0 Å². The number of ketones is 1. The van der Waals surface area contributed by atoms with E-state index in [4.69, 9.17) is 0 Å². The van der Waals surface area contributed by atoms with E-state index in [9.17, 15) is 9.59 Å². The Labute approximate surface area is 90.5 Å². The van der Waals surface area contributed by atoms with Crippen molar-refractivity contribution in [3.63, 3.8) is 0 Å². The fourth-order valence-corrected chi connectivity index (χ4v) is 1.72. The van der Waals surface area contributed by atoms with Crippen molar-refractivity contribution in [3.8, 4) is 0 Å². The zero-order chi connectivity index (χ0) is 10.0. The maximum Gasteiger partial charge on any atom is 0.160 e. The summed E-state index contributed by atoms with van der Waals surface area (Å²) in [5, 5.41) is 0. The molecule has 0 aliphatic carbocycles. The van der Waals surface area contributed by atoms with E-state index >= 15 is 0 Å². The van der Waals surface area contributed by atoms with Gasteiger partial charge in [0.2, 0.25) is 0 Å². The van der Waals surface area contributed by atoms with Crippen LogP contribution in [0, 0.1) is 10.5 Å². The van der Waals surface area contributed by atoms with Gasteiger partial charge < -0.3 is 0 Å². The Morgan fingerprint density at radius 2 is 2.08 bits per heavy atom. The van der Waals surface area contributed by atoms with Crippen LogP contribution in [0.1, 0.15) is 33.2 Å². The molecule has 0 amide bonds. The molecule has 0 heterocycles. The minimum atomic E-state index is -0.0573. The Hall–Kier alpha value is -0.710. The molecule has 2 nitrogen and oxygen atoms in total. The third-order valence-corrected chi connectivity index (χ3v) is 3.08. The zero-order valence-corrected chi connectivity index (χ0v) is 9.58. The second-order valence-corrected chi connectivity index (χ2v) is 3.97. The predicted octanol–water partition coefficient (Wildman–Crippen LogP) is 2.61. The summed E-state index contributed by atoms with van der Waals surface area (Å²) in [5.41, 5.74) is 1.91. The number of Topliss-reactive ketones (excluding diaryl/α,β-unsaturated/α-hetero) is 1. The standard InChI is InChI=1S/C10H9IO2/c1-6-9(11)4-3-8(5-12)10(6)7(2)13/h3-5H,1-2H3. The van der Waals surface area contributed by atoms with Crippen LogP contribution in [-0.2, 0) is 0 Å². The maximum absolute atomic E-state index is 11.2. The van der Waals surface area contributed by atoms with E-state index in [1.807, 2.05) is 13.0 Å². The molecule has 3 heteroatoms. The molecule has 68 valence electrons. The normalized spacial score (nSPS) is 9.77. The fourth-order valence-electron chi connectivity index (χ4n) is 1.27. The minimum Gasteiger partial charge on any atom is -0.298 e. The van der Waals surface area contributed by atoms with Gasteiger partial charge in [-0.3, -0.25) is 9.59 Å². The molecule has 0 bridgehead atoms. The maximum atomic E-state index is 11.2. The predicted molar refractivity (Wildman–Crippen MR) is 59.3 cm³/mol. The van der Waals surface area contributed by atoms with Crippen LogP contribution in [0.2, 0.25) is 0 Å². The smallest absolute Gasteiger partial charge is 0.160 e. The van der Waals surface area contributed by atoms with Crippen LogP contribution in [-0.4, -0.2) is 12.1 Å². The molecule has 0 aliphatic heterocycles. The van der Waals surface area contributed by atoms with E-state index in [-0.39, 0.29) is 5.78 Å². The van der Waals surface area contributed by atoms with Crippen LogP contribution in [0.3, 0.4) is 0 Å². The quantitative estimate of drug-likeness (QED) is 0.476. The molecule has 1 aromatic carbocycles. The van der Waals surface area contributed by atoms with Crippen molar-refractivity contribution in [3.05, 3.63) is 32.4 Å². The number of aldehydes is 1. The van der Waals surface area contributed by atoms with Gasteiger partial charge in [0.05, 0.1) is 0 Å². The van der Waals surface area contributed by atoms with Crippen LogP contribution in [0.5, 0.6) is 0 Å². The molecule has 0 atom stereocenters. The first-order valence-corrected chi connectivity index (χ1v) is 4.91. The summed E-state index contributed by atoms with van der Waals surface area (Å²) in [6, 6.07) is 3.52. The van der Waals surface area contributed by atoms with Gasteiger partial charge in [0, 0.05) is 14.7 Å². The summed E-state index contributed by atoms with van der Waals surface area (Å²) in [7, 11) is 0. The number of halogens is 1. The number of carbonyl (C=O) groups excluding carboxylic acids is 2. The van der Waals surface area contributed by atoms with E-state index in [2.05, 4.69) is 22.6 Å². The van der Waals surface area contributed by atoms with Crippen LogP contribution in [0.25, 0.3) is 0 Å². The van der Waals surface area contributed by atoms with Crippen molar-refractivity contribution in [1.29, 1.82) is 0 Å². The summed E-state index contributed by atoms with van der Waals surface area (Å²) < 4.78 is 1.01. The summed E-state index contributed by atoms with van der Waals surface area (Å²) in [6.07, 6.45) is 0.722. The lowest BCUT2D eigenvalue weighted by atomic mass is 10.00. The Morgan fingerprint density at radius 3 is 2.54 bits per heavy atom. The lowest BCUT2D eigenvalue weighted by Gasteiger charge is -2.06. The summed E-state index contributed by atoms with van der Waals surface area (Å²) >= 11 is 2.15. The van der Waals surface area contributed by atoms with Crippen molar-refractivity contribution in [2.45, 2.75) is 13.8 Å². The van der Waals surface area contributed by atoms with Gasteiger partial charge >= 0.3 is 0 Å². The van der Waals surface area contributed by atoms with Gasteiger partial charge in [-0.25, -0.2) is 0 Å². The molecule has 0 spiro atoms. The molecule has 0 aliphatic rings. The summed E-state index contributed by atoms with van der Waals surface area (Å²) in [4.78, 5) is 21.9. The SMILES string of the molecule is CC(=O)c1c(C=O)ccc(I)c1C. The van der Waals surface area contributed by atoms with Gasteiger partial charge in [0.15, 0.2) is 12.1 Å². The number of hydrogen-bond acceptors (Lipinski definition) is 2. The number of benzene rings is 1. The first-order chi connectivity index (χ1) is 6.07. The lowest BCUT2D eigenvalue weighted by Crippen LogP contribution is -2.03. The van der Waals surface area contributed by atoms with E-state index < -0.39 is 0 Å². The molecule has 0 unspecified atom stereocenters. The first kappa shape index (κ1) is 10.4. The molecule has 0 radical (unpaired) electrons. The Balaban J connectivity index is 3.50. The van der Waals surface area contributed by atoms with Gasteiger partial charge in [-0.15, -0.1) is 0 Å². The number of hydrogen-bond donors (Lipinski definition) is 0. The minimum absolute atomic E-state index is 0.0573. The molecule has 1 rings (SSSR count). The topological polar surface area (TPSA) is 34.1 Å². The van der Waals surface area contributed by atoms with Crippen LogP contribution in [0.15, 0.2) is 12.1 Å². The van der Waals surface area contributed by atoms with E-state index in [0.717, 1.165) is 15.4 Å². The number of rotatable bonds is 2. The Bertz CT molecular complexity index is 369. The van der Waals surface area contributed by atoms with Gasteiger partial charge in [-0.05, 0) is 54.1 Å². The van der Waals surface area contributed by atoms with Crippen molar-refractivity contribution >= 4 is 34.7 Å². The van der Waals surface area contributed by atoms with E-state index in [1.54, 1.807) is 6.07 Å². The van der Waals surface area contributed by atoms with Crippen LogP contribution < -0.4 is 0 Å². The molecule has 13 heavy (non-hydrogen) atoms. The van der Waals surface area contributed by atoms with Crippen molar-refractivity contribution in [2.75, 3.05) is 0 Å². The average Bonchev–Trinajstić information content (AvgIpc) is 2.08. The van der Waals surface area contributed by atoms with Gasteiger partial charge in [-0.1, -0.05) is 0 Å². The van der Waals surface area contributed by atoms with Gasteiger partial charge in [-0.2, -0.15) is 0 Å². The highest BCUT2D eigenvalue weighted by molar-refractivity contribution is 14.1. The first-order valence-electron chi connectivity index (χ1n) is 3.83. The molecule has 0 aromatic heterocycles. The van der Waals surface area contributed by atoms with Gasteiger partial charge in [0.1, 0.15) is 0 Å². The Morgan fingerprint density at radius 1 is 1.46 bits per heavy atom. The van der Waals surface area contributed by atoms with Crippen molar-refractivity contribution < 1.29 is 9.59 Å². The van der Waals surface area contributed by atoms with Gasteiger partial charge in [0.25, 0.3) is 0 Å². The second-order valence-electron chi connectivity index (χ2n) is 2.81. The zero-order valence-electron chi connectivity index (χ0n) is 7.43. The summed E-state index contributed by atoms with van der Waals surface area (Å²) in [5.74, 6) is -0.0573. The molecular formula is C10H9IO2. The molecule has 1 aromatic rings. The third-order valence-electron chi connectivity index (χ3n) is 1.91. The Kier molecular flexibility index (Phi) is 3.19. The van der Waals surface area contributed by atoms with Crippen LogP contribution >= 0.6 is 22.6 Å². The monoisotopic (exact) mass is 288 g/mol. The average molecular weight is 288 g/mol. The van der Waals surface area contributed by atoms with Crippen LogP contribution in [0.4, 0.5) is 0 Å². The van der Waals surface area contributed by atoms with E-state index in [0.29, 0.717) is 11.1 Å².